The number of fused-ring (bicyclic) bond motifs is 4. The number of allylic oxidation sites excluding steroid dienone is 1. The van der Waals surface area contributed by atoms with Gasteiger partial charge in [0.15, 0.2) is 0 Å². The smallest absolute Gasteiger partial charge is 0.130 e. The van der Waals surface area contributed by atoms with Crippen LogP contribution in [0.5, 0.6) is 0 Å². The molecule has 0 saturated heterocycles. The summed E-state index contributed by atoms with van der Waals surface area (Å²) in [7, 11) is 0. The molecule has 0 amide bonds. The van der Waals surface area contributed by atoms with Crippen LogP contribution in [0.3, 0.4) is 0 Å². The molecule has 0 heterocycles. The molecule has 2 fully saturated rings. The highest BCUT2D eigenvalue weighted by molar-refractivity contribution is 5.32. The van der Waals surface area contributed by atoms with Gasteiger partial charge in [0.1, 0.15) is 5.60 Å². The van der Waals surface area contributed by atoms with Crippen molar-refractivity contribution in [2.24, 2.45) is 22.7 Å². The van der Waals surface area contributed by atoms with Crippen LogP contribution in [-0.2, 0) is 0 Å². The Balaban J connectivity index is 1.73. The highest BCUT2D eigenvalue weighted by Gasteiger charge is 2.65. The van der Waals surface area contributed by atoms with E-state index in [1.54, 1.807) is 11.1 Å². The highest BCUT2D eigenvalue weighted by atomic mass is 16.3. The molecule has 126 valence electrons. The quantitative estimate of drug-likeness (QED) is 0.527. The summed E-state index contributed by atoms with van der Waals surface area (Å²) in [6, 6.07) is 0. The normalized spacial score (nSPS) is 52.4. The Morgan fingerprint density at radius 1 is 1.09 bits per heavy atom. The van der Waals surface area contributed by atoms with Crippen molar-refractivity contribution in [3.63, 3.8) is 0 Å². The third-order valence-corrected chi connectivity index (χ3v) is 8.36. The van der Waals surface area contributed by atoms with Gasteiger partial charge in [-0.1, -0.05) is 30.9 Å². The first kappa shape index (κ1) is 15.7. The molecule has 2 N–H and O–H groups in total. The van der Waals surface area contributed by atoms with Crippen LogP contribution in [0.4, 0.5) is 0 Å². The zero-order valence-electron chi connectivity index (χ0n) is 14.6. The molecule has 1 unspecified atom stereocenters. The Labute approximate surface area is 140 Å². The minimum atomic E-state index is -0.914. The van der Waals surface area contributed by atoms with E-state index in [4.69, 9.17) is 6.42 Å². The molecule has 6 atom stereocenters. The van der Waals surface area contributed by atoms with E-state index in [2.05, 4.69) is 19.8 Å². The van der Waals surface area contributed by atoms with Crippen molar-refractivity contribution < 1.29 is 10.2 Å². The standard InChI is InChI=1S/C21H30O2/c1-4-21(23)12-9-18-19(2)10-7-14-13-15(22)5-6-16(14)17(19)8-11-20(18,21)3/h1,15,17-18,22-23H,5-13H2,2-3H3/t15?,17-,18+,19+,20+,21+/m1/s1. The van der Waals surface area contributed by atoms with Gasteiger partial charge >= 0.3 is 0 Å². The molecule has 2 nitrogen and oxygen atoms in total. The molecule has 2 heteroatoms. The van der Waals surface area contributed by atoms with E-state index < -0.39 is 5.60 Å². The maximum absolute atomic E-state index is 11.0. The summed E-state index contributed by atoms with van der Waals surface area (Å²) in [5, 5.41) is 21.1. The minimum absolute atomic E-state index is 0.120. The number of hydrogen-bond acceptors (Lipinski definition) is 2. The van der Waals surface area contributed by atoms with Crippen LogP contribution in [0.15, 0.2) is 11.1 Å². The Morgan fingerprint density at radius 3 is 2.61 bits per heavy atom. The van der Waals surface area contributed by atoms with E-state index >= 15 is 0 Å². The molecule has 0 aromatic carbocycles. The first-order chi connectivity index (χ1) is 10.8. The number of aliphatic hydroxyl groups excluding tert-OH is 1. The van der Waals surface area contributed by atoms with Gasteiger partial charge in [-0.25, -0.2) is 0 Å². The number of terminal acetylenes is 1. The Kier molecular flexibility index (Phi) is 3.33. The van der Waals surface area contributed by atoms with E-state index in [-0.39, 0.29) is 16.9 Å². The Hall–Kier alpha value is -0.780. The number of rotatable bonds is 0. The van der Waals surface area contributed by atoms with Gasteiger partial charge in [0, 0.05) is 5.41 Å². The molecular weight excluding hydrogens is 284 g/mol. The lowest BCUT2D eigenvalue weighted by molar-refractivity contribution is -0.107. The number of hydrogen-bond donors (Lipinski definition) is 2. The second-order valence-corrected chi connectivity index (χ2v) is 9.14. The summed E-state index contributed by atoms with van der Waals surface area (Å²) in [4.78, 5) is 0. The maximum Gasteiger partial charge on any atom is 0.130 e. The number of aliphatic hydroxyl groups is 2. The molecule has 0 radical (unpaired) electrons. The fourth-order valence-electron chi connectivity index (χ4n) is 6.98. The first-order valence-electron chi connectivity index (χ1n) is 9.43. The lowest BCUT2D eigenvalue weighted by Crippen LogP contribution is -2.55. The third-order valence-electron chi connectivity index (χ3n) is 8.36. The Morgan fingerprint density at radius 2 is 1.87 bits per heavy atom. The predicted molar refractivity (Wildman–Crippen MR) is 91.6 cm³/mol. The second kappa shape index (κ2) is 4.87. The minimum Gasteiger partial charge on any atom is -0.393 e. The molecule has 0 aliphatic heterocycles. The second-order valence-electron chi connectivity index (χ2n) is 9.14. The van der Waals surface area contributed by atoms with Gasteiger partial charge in [-0.2, -0.15) is 0 Å². The molecular formula is C21H30O2. The topological polar surface area (TPSA) is 40.5 Å². The van der Waals surface area contributed by atoms with Crippen LogP contribution >= 0.6 is 0 Å². The van der Waals surface area contributed by atoms with Crippen molar-refractivity contribution in [1.29, 1.82) is 0 Å². The van der Waals surface area contributed by atoms with Gasteiger partial charge in [-0.3, -0.25) is 0 Å². The van der Waals surface area contributed by atoms with Crippen LogP contribution in [0.1, 0.15) is 71.6 Å². The SMILES string of the molecule is C#C[C@]1(O)CC[C@H]2[C@@]3(C)CCC4=C(CCC(O)C4)[C@H]3CC[C@@]21C. The van der Waals surface area contributed by atoms with E-state index in [1.165, 1.54) is 6.42 Å². The van der Waals surface area contributed by atoms with Crippen LogP contribution in [0.2, 0.25) is 0 Å². The summed E-state index contributed by atoms with van der Waals surface area (Å²) in [5.74, 6) is 3.94. The van der Waals surface area contributed by atoms with E-state index in [0.29, 0.717) is 11.8 Å². The van der Waals surface area contributed by atoms with Crippen molar-refractivity contribution in [2.75, 3.05) is 0 Å². The van der Waals surface area contributed by atoms with Gasteiger partial charge in [0.2, 0.25) is 0 Å². The van der Waals surface area contributed by atoms with E-state index in [9.17, 15) is 10.2 Å². The molecule has 0 bridgehead atoms. The largest absolute Gasteiger partial charge is 0.393 e. The first-order valence-corrected chi connectivity index (χ1v) is 9.43. The fourth-order valence-corrected chi connectivity index (χ4v) is 6.98. The van der Waals surface area contributed by atoms with Crippen LogP contribution in [-0.4, -0.2) is 21.9 Å². The molecule has 4 aliphatic carbocycles. The fraction of sp³-hybridized carbons (Fsp3) is 0.810. The predicted octanol–water partition coefficient (Wildman–Crippen LogP) is 3.82. The van der Waals surface area contributed by atoms with Gasteiger partial charge in [0.05, 0.1) is 6.10 Å². The van der Waals surface area contributed by atoms with Gasteiger partial charge in [0.25, 0.3) is 0 Å². The maximum atomic E-state index is 11.0. The lowest BCUT2D eigenvalue weighted by atomic mass is 9.46. The zero-order valence-corrected chi connectivity index (χ0v) is 14.6. The van der Waals surface area contributed by atoms with Crippen molar-refractivity contribution >= 4 is 0 Å². The van der Waals surface area contributed by atoms with Crippen molar-refractivity contribution in [1.82, 2.24) is 0 Å². The molecule has 4 aliphatic rings. The van der Waals surface area contributed by atoms with Crippen LogP contribution in [0.25, 0.3) is 0 Å². The average molecular weight is 314 g/mol. The molecule has 23 heavy (non-hydrogen) atoms. The van der Waals surface area contributed by atoms with Gasteiger partial charge in [-0.05, 0) is 75.0 Å². The monoisotopic (exact) mass is 314 g/mol. The van der Waals surface area contributed by atoms with Crippen molar-refractivity contribution in [2.45, 2.75) is 83.3 Å². The summed E-state index contributed by atoms with van der Waals surface area (Å²) < 4.78 is 0. The van der Waals surface area contributed by atoms with Crippen LogP contribution in [0, 0.1) is 35.0 Å². The molecule has 2 saturated carbocycles. The van der Waals surface area contributed by atoms with Gasteiger partial charge < -0.3 is 10.2 Å². The highest BCUT2D eigenvalue weighted by Crippen LogP contribution is 2.69. The van der Waals surface area contributed by atoms with E-state index in [1.807, 2.05) is 0 Å². The summed E-state index contributed by atoms with van der Waals surface area (Å²) in [5.41, 5.74) is 2.46. The molecule has 4 rings (SSSR count). The van der Waals surface area contributed by atoms with Gasteiger partial charge in [-0.15, -0.1) is 6.42 Å². The molecule has 0 aromatic rings. The molecule has 0 spiro atoms. The average Bonchev–Trinajstić information content (AvgIpc) is 2.80. The molecule has 0 aromatic heterocycles. The summed E-state index contributed by atoms with van der Waals surface area (Å²) >= 11 is 0. The van der Waals surface area contributed by atoms with Crippen LogP contribution < -0.4 is 0 Å². The van der Waals surface area contributed by atoms with E-state index in [0.717, 1.165) is 51.4 Å². The van der Waals surface area contributed by atoms with Crippen molar-refractivity contribution in [3.05, 3.63) is 11.1 Å². The van der Waals surface area contributed by atoms with Crippen molar-refractivity contribution in [3.8, 4) is 12.3 Å². The Bertz CT molecular complexity index is 599. The lowest BCUT2D eigenvalue weighted by Gasteiger charge is -2.59. The third kappa shape index (κ3) is 1.90. The summed E-state index contributed by atoms with van der Waals surface area (Å²) in [6.45, 7) is 4.72. The summed E-state index contributed by atoms with van der Waals surface area (Å²) in [6.07, 6.45) is 14.9. The zero-order chi connectivity index (χ0) is 16.5.